The fourth-order valence-electron chi connectivity index (χ4n) is 2.50. The number of nitrogens with zero attached hydrogens (tertiary/aromatic N) is 1. The summed E-state index contributed by atoms with van der Waals surface area (Å²) in [5.41, 5.74) is 5.64. The minimum Gasteiger partial charge on any atom is -0.384 e. The molecule has 1 aromatic rings. The lowest BCUT2D eigenvalue weighted by molar-refractivity contribution is 0.0878. The highest BCUT2D eigenvalue weighted by molar-refractivity contribution is 7.11. The van der Waals surface area contributed by atoms with E-state index in [-0.39, 0.29) is 0 Å². The lowest BCUT2D eigenvalue weighted by atomic mass is 9.99. The van der Waals surface area contributed by atoms with Crippen molar-refractivity contribution in [3.05, 3.63) is 21.9 Å². The summed E-state index contributed by atoms with van der Waals surface area (Å²) in [4.78, 5) is 5.26. The topological polar surface area (TPSA) is 38.5 Å². The molecule has 1 unspecified atom stereocenters. The first kappa shape index (κ1) is 13.0. The van der Waals surface area contributed by atoms with Crippen LogP contribution in [0.25, 0.3) is 0 Å². The highest BCUT2D eigenvalue weighted by Gasteiger charge is 2.20. The van der Waals surface area contributed by atoms with Gasteiger partial charge >= 0.3 is 0 Å². The molecule has 17 heavy (non-hydrogen) atoms. The Hall–Kier alpha value is -0.420. The average Bonchev–Trinajstić information content (AvgIpc) is 2.78. The van der Waals surface area contributed by atoms with Crippen LogP contribution in [-0.4, -0.2) is 31.7 Å². The molecule has 0 amide bonds. The van der Waals surface area contributed by atoms with Crippen LogP contribution < -0.4 is 5.73 Å². The number of piperidine rings is 1. The second-order valence-electron chi connectivity index (χ2n) is 4.77. The smallest absolute Gasteiger partial charge is 0.0502 e. The van der Waals surface area contributed by atoms with Gasteiger partial charge in [-0.25, -0.2) is 0 Å². The van der Waals surface area contributed by atoms with Gasteiger partial charge in [0, 0.05) is 36.5 Å². The first-order chi connectivity index (χ1) is 8.31. The van der Waals surface area contributed by atoms with E-state index in [0.717, 1.165) is 13.2 Å². The lowest BCUT2D eigenvalue weighted by Gasteiger charge is -2.31. The number of nitrogens with two attached hydrogens (primary N) is 1. The molecule has 0 radical (unpaired) electrons. The Morgan fingerprint density at radius 3 is 3.00 bits per heavy atom. The van der Waals surface area contributed by atoms with Gasteiger partial charge in [0.05, 0.1) is 6.61 Å². The molecule has 1 aliphatic heterocycles. The Morgan fingerprint density at radius 1 is 1.47 bits per heavy atom. The van der Waals surface area contributed by atoms with Gasteiger partial charge in [-0.15, -0.1) is 11.3 Å². The van der Waals surface area contributed by atoms with Crippen molar-refractivity contribution in [1.29, 1.82) is 0 Å². The van der Waals surface area contributed by atoms with Gasteiger partial charge in [-0.05, 0) is 37.4 Å². The fourth-order valence-corrected chi connectivity index (χ4v) is 3.44. The molecule has 1 atom stereocenters. The third-order valence-corrected chi connectivity index (χ3v) is 4.40. The van der Waals surface area contributed by atoms with E-state index < -0.39 is 0 Å². The first-order valence-corrected chi connectivity index (χ1v) is 7.12. The molecule has 96 valence electrons. The maximum absolute atomic E-state index is 5.64. The molecule has 0 aromatic carbocycles. The predicted octanol–water partition coefficient (Wildman–Crippen LogP) is 2.07. The summed E-state index contributed by atoms with van der Waals surface area (Å²) in [6.45, 7) is 5.02. The molecule has 2 heterocycles. The minimum atomic E-state index is 0.664. The van der Waals surface area contributed by atoms with E-state index in [2.05, 4.69) is 17.0 Å². The van der Waals surface area contributed by atoms with Gasteiger partial charge < -0.3 is 10.5 Å². The second kappa shape index (κ2) is 6.50. The number of likely N-dealkylation sites (tertiary alicyclic amines) is 1. The molecule has 2 rings (SSSR count). The molecule has 1 aliphatic rings. The van der Waals surface area contributed by atoms with Crippen LogP contribution >= 0.6 is 11.3 Å². The molecular formula is C13H22N2OS. The first-order valence-electron chi connectivity index (χ1n) is 6.30. The maximum atomic E-state index is 5.64. The number of rotatable bonds is 5. The van der Waals surface area contributed by atoms with Gasteiger partial charge in [-0.3, -0.25) is 4.90 Å². The number of hydrogen-bond donors (Lipinski definition) is 1. The van der Waals surface area contributed by atoms with Crippen molar-refractivity contribution in [3.8, 4) is 0 Å². The largest absolute Gasteiger partial charge is 0.384 e. The highest BCUT2D eigenvalue weighted by atomic mass is 32.1. The molecule has 4 heteroatoms. The molecule has 2 N–H and O–H groups in total. The summed E-state index contributed by atoms with van der Waals surface area (Å²) >= 11 is 1.84. The molecule has 1 fully saturated rings. The molecule has 0 aliphatic carbocycles. The van der Waals surface area contributed by atoms with Crippen molar-refractivity contribution in [2.24, 2.45) is 11.7 Å². The monoisotopic (exact) mass is 254 g/mol. The van der Waals surface area contributed by atoms with Gasteiger partial charge in [-0.2, -0.15) is 0 Å². The van der Waals surface area contributed by atoms with E-state index in [1.165, 1.54) is 35.7 Å². The molecule has 1 aromatic heterocycles. The zero-order chi connectivity index (χ0) is 12.1. The normalized spacial score (nSPS) is 21.9. The van der Waals surface area contributed by atoms with E-state index in [4.69, 9.17) is 10.5 Å². The SMILES string of the molecule is COCC1CCCN(Cc2ccc(CN)s2)C1. The Morgan fingerprint density at radius 2 is 2.29 bits per heavy atom. The van der Waals surface area contributed by atoms with Gasteiger partial charge in [-0.1, -0.05) is 0 Å². The van der Waals surface area contributed by atoms with Gasteiger partial charge in [0.25, 0.3) is 0 Å². The third kappa shape index (κ3) is 3.78. The van der Waals surface area contributed by atoms with Gasteiger partial charge in [0.1, 0.15) is 0 Å². The summed E-state index contributed by atoms with van der Waals surface area (Å²) < 4.78 is 5.26. The zero-order valence-electron chi connectivity index (χ0n) is 10.5. The number of ether oxygens (including phenoxy) is 1. The van der Waals surface area contributed by atoms with Crippen LogP contribution in [0.2, 0.25) is 0 Å². The van der Waals surface area contributed by atoms with Gasteiger partial charge in [0.15, 0.2) is 0 Å². The zero-order valence-corrected chi connectivity index (χ0v) is 11.3. The van der Waals surface area contributed by atoms with Crippen molar-refractivity contribution >= 4 is 11.3 Å². The summed E-state index contributed by atoms with van der Waals surface area (Å²) in [7, 11) is 1.80. The Bertz CT molecular complexity index is 338. The maximum Gasteiger partial charge on any atom is 0.0502 e. The van der Waals surface area contributed by atoms with Crippen LogP contribution in [0.5, 0.6) is 0 Å². The van der Waals surface area contributed by atoms with Crippen LogP contribution in [0.1, 0.15) is 22.6 Å². The van der Waals surface area contributed by atoms with Crippen molar-refractivity contribution in [2.45, 2.75) is 25.9 Å². The standard InChI is InChI=1S/C13H22N2OS/c1-16-10-11-3-2-6-15(8-11)9-13-5-4-12(7-14)17-13/h4-5,11H,2-3,6-10,14H2,1H3. The van der Waals surface area contributed by atoms with E-state index in [1.807, 2.05) is 11.3 Å². The summed E-state index contributed by atoms with van der Waals surface area (Å²) in [5, 5.41) is 0. The van der Waals surface area contributed by atoms with E-state index in [0.29, 0.717) is 12.5 Å². The molecule has 0 bridgehead atoms. The predicted molar refractivity (Wildman–Crippen MR) is 72.1 cm³/mol. The van der Waals surface area contributed by atoms with Crippen LogP contribution in [-0.2, 0) is 17.8 Å². The fraction of sp³-hybridized carbons (Fsp3) is 0.692. The van der Waals surface area contributed by atoms with Crippen LogP contribution in [0.15, 0.2) is 12.1 Å². The third-order valence-electron chi connectivity index (χ3n) is 3.30. The van der Waals surface area contributed by atoms with Crippen LogP contribution in [0.3, 0.4) is 0 Å². The second-order valence-corrected chi connectivity index (χ2v) is 6.02. The molecular weight excluding hydrogens is 232 g/mol. The van der Waals surface area contributed by atoms with Crippen molar-refractivity contribution < 1.29 is 4.74 Å². The highest BCUT2D eigenvalue weighted by Crippen LogP contribution is 2.22. The molecule has 3 nitrogen and oxygen atoms in total. The summed E-state index contributed by atoms with van der Waals surface area (Å²) in [6, 6.07) is 4.36. The van der Waals surface area contributed by atoms with Crippen LogP contribution in [0.4, 0.5) is 0 Å². The minimum absolute atomic E-state index is 0.664. The number of methoxy groups -OCH3 is 1. The summed E-state index contributed by atoms with van der Waals surface area (Å²) in [6.07, 6.45) is 2.60. The average molecular weight is 254 g/mol. The number of hydrogen-bond acceptors (Lipinski definition) is 4. The van der Waals surface area contributed by atoms with Crippen molar-refractivity contribution in [3.63, 3.8) is 0 Å². The molecule has 0 saturated carbocycles. The van der Waals surface area contributed by atoms with E-state index in [1.54, 1.807) is 7.11 Å². The van der Waals surface area contributed by atoms with Crippen molar-refractivity contribution in [2.75, 3.05) is 26.8 Å². The Kier molecular flexibility index (Phi) is 4.98. The quantitative estimate of drug-likeness (QED) is 0.874. The summed E-state index contributed by atoms with van der Waals surface area (Å²) in [5.74, 6) is 0.711. The lowest BCUT2D eigenvalue weighted by Crippen LogP contribution is -2.36. The van der Waals surface area contributed by atoms with Crippen LogP contribution in [0, 0.1) is 5.92 Å². The molecule has 1 saturated heterocycles. The van der Waals surface area contributed by atoms with Gasteiger partial charge in [0.2, 0.25) is 0 Å². The molecule has 0 spiro atoms. The van der Waals surface area contributed by atoms with E-state index >= 15 is 0 Å². The van der Waals surface area contributed by atoms with E-state index in [9.17, 15) is 0 Å². The van der Waals surface area contributed by atoms with Crippen molar-refractivity contribution in [1.82, 2.24) is 4.90 Å². The number of thiophene rings is 1. The Balaban J connectivity index is 1.85. The Labute approximate surface area is 108 Å².